The van der Waals surface area contributed by atoms with Crippen molar-refractivity contribution in [3.8, 4) is 22.0 Å². The number of nitrogens with one attached hydrogen (secondary N) is 1. The van der Waals surface area contributed by atoms with Gasteiger partial charge in [-0.15, -0.1) is 11.3 Å². The van der Waals surface area contributed by atoms with Gasteiger partial charge in [-0.05, 0) is 18.2 Å². The van der Waals surface area contributed by atoms with Crippen LogP contribution >= 0.6 is 11.3 Å². The molecule has 0 aromatic carbocycles. The van der Waals surface area contributed by atoms with E-state index in [0.29, 0.717) is 5.95 Å². The Labute approximate surface area is 142 Å². The highest BCUT2D eigenvalue weighted by atomic mass is 32.1. The molecule has 24 heavy (non-hydrogen) atoms. The molecule has 0 spiro atoms. The molecule has 0 aliphatic heterocycles. The topological polar surface area (TPSA) is 81.4 Å². The fourth-order valence-corrected chi connectivity index (χ4v) is 2.99. The highest BCUT2D eigenvalue weighted by Crippen LogP contribution is 2.27. The van der Waals surface area contributed by atoms with Crippen LogP contribution in [-0.4, -0.2) is 29.7 Å². The van der Waals surface area contributed by atoms with Gasteiger partial charge in [0.15, 0.2) is 0 Å². The third kappa shape index (κ3) is 2.99. The second kappa shape index (κ2) is 6.17. The smallest absolute Gasteiger partial charge is 0.227 e. The molecule has 118 valence electrons. The molecule has 1 N–H and O–H groups in total. The van der Waals surface area contributed by atoms with Gasteiger partial charge in [-0.25, -0.2) is 15.0 Å². The van der Waals surface area contributed by atoms with Crippen LogP contribution in [0.3, 0.4) is 0 Å². The van der Waals surface area contributed by atoms with Gasteiger partial charge >= 0.3 is 0 Å². The van der Waals surface area contributed by atoms with Crippen molar-refractivity contribution in [2.24, 2.45) is 7.05 Å². The maximum Gasteiger partial charge on any atom is 0.227 e. The van der Waals surface area contributed by atoms with Gasteiger partial charge in [0.1, 0.15) is 10.7 Å². The minimum Gasteiger partial charge on any atom is -0.321 e. The van der Waals surface area contributed by atoms with Crippen LogP contribution in [-0.2, 0) is 7.05 Å². The van der Waals surface area contributed by atoms with Gasteiger partial charge in [0.05, 0.1) is 17.6 Å². The molecule has 4 aromatic rings. The van der Waals surface area contributed by atoms with Crippen LogP contribution in [0.5, 0.6) is 0 Å². The third-order valence-corrected chi connectivity index (χ3v) is 4.16. The Balaban J connectivity index is 1.61. The average molecular weight is 335 g/mol. The number of nitrogens with zero attached hydrogens (tertiary/aromatic N) is 6. The fraction of sp³-hybridized carbons (Fsp3) is 0.0625. The molecule has 4 heterocycles. The number of pyridine rings is 1. The summed E-state index contributed by atoms with van der Waals surface area (Å²) in [6.45, 7) is 0. The summed E-state index contributed by atoms with van der Waals surface area (Å²) in [6.07, 6.45) is 8.85. The molecule has 0 radical (unpaired) electrons. The van der Waals surface area contributed by atoms with E-state index in [4.69, 9.17) is 0 Å². The number of hydrogen-bond acceptors (Lipinski definition) is 7. The van der Waals surface area contributed by atoms with Crippen LogP contribution in [0.2, 0.25) is 0 Å². The summed E-state index contributed by atoms with van der Waals surface area (Å²) in [6, 6.07) is 5.73. The molecule has 0 unspecified atom stereocenters. The second-order valence-electron chi connectivity index (χ2n) is 5.07. The largest absolute Gasteiger partial charge is 0.321 e. The van der Waals surface area contributed by atoms with Crippen LogP contribution in [0.1, 0.15) is 0 Å². The van der Waals surface area contributed by atoms with Gasteiger partial charge in [0.2, 0.25) is 5.95 Å². The number of hydrogen-bond donors (Lipinski definition) is 1. The second-order valence-corrected chi connectivity index (χ2v) is 5.93. The summed E-state index contributed by atoms with van der Waals surface area (Å²) in [4.78, 5) is 17.5. The molecular formula is C16H13N7S. The molecule has 0 saturated carbocycles. The molecule has 4 aromatic heterocycles. The van der Waals surface area contributed by atoms with Crippen molar-refractivity contribution < 1.29 is 0 Å². The predicted molar refractivity (Wildman–Crippen MR) is 92.9 cm³/mol. The van der Waals surface area contributed by atoms with Crippen LogP contribution in [0.4, 0.5) is 11.6 Å². The lowest BCUT2D eigenvalue weighted by atomic mass is 10.2. The third-order valence-electron chi connectivity index (χ3n) is 3.30. The van der Waals surface area contributed by atoms with E-state index in [2.05, 4.69) is 30.4 Å². The molecule has 0 bridgehead atoms. The lowest BCUT2D eigenvalue weighted by Gasteiger charge is -2.02. The van der Waals surface area contributed by atoms with Crippen LogP contribution in [0, 0.1) is 0 Å². The number of anilines is 2. The minimum atomic E-state index is 0.513. The fourth-order valence-electron chi connectivity index (χ4n) is 2.19. The van der Waals surface area contributed by atoms with Gasteiger partial charge < -0.3 is 5.32 Å². The highest BCUT2D eigenvalue weighted by molar-refractivity contribution is 7.13. The van der Waals surface area contributed by atoms with Crippen molar-refractivity contribution in [1.29, 1.82) is 0 Å². The molecular weight excluding hydrogens is 322 g/mol. The summed E-state index contributed by atoms with van der Waals surface area (Å²) in [5.74, 6) is 0.513. The quantitative estimate of drug-likeness (QED) is 0.617. The zero-order valence-corrected chi connectivity index (χ0v) is 13.6. The average Bonchev–Trinajstić information content (AvgIpc) is 3.25. The Hall–Kier alpha value is -3.13. The van der Waals surface area contributed by atoms with E-state index in [1.54, 1.807) is 40.8 Å². The van der Waals surface area contributed by atoms with Gasteiger partial charge in [0, 0.05) is 42.8 Å². The van der Waals surface area contributed by atoms with Gasteiger partial charge in [-0.2, -0.15) is 5.10 Å². The van der Waals surface area contributed by atoms with E-state index in [9.17, 15) is 0 Å². The van der Waals surface area contributed by atoms with Crippen LogP contribution in [0.25, 0.3) is 22.0 Å². The molecule has 0 atom stereocenters. The van der Waals surface area contributed by atoms with Crippen LogP contribution < -0.4 is 5.32 Å². The molecule has 0 aliphatic rings. The van der Waals surface area contributed by atoms with Crippen molar-refractivity contribution in [3.05, 3.63) is 54.6 Å². The lowest BCUT2D eigenvalue weighted by Crippen LogP contribution is -1.97. The van der Waals surface area contributed by atoms with Gasteiger partial charge in [-0.3, -0.25) is 9.67 Å². The van der Waals surface area contributed by atoms with E-state index >= 15 is 0 Å². The summed E-state index contributed by atoms with van der Waals surface area (Å²) >= 11 is 1.54. The van der Waals surface area contributed by atoms with Gasteiger partial charge in [0.25, 0.3) is 0 Å². The first kappa shape index (κ1) is 14.5. The Bertz CT molecular complexity index is 961. The maximum atomic E-state index is 4.65. The maximum absolute atomic E-state index is 4.65. The number of aryl methyl sites for hydroxylation is 1. The predicted octanol–water partition coefficient (Wildman–Crippen LogP) is 3.14. The summed E-state index contributed by atoms with van der Waals surface area (Å²) < 4.78 is 1.72. The van der Waals surface area contributed by atoms with Crippen molar-refractivity contribution in [2.75, 3.05) is 5.32 Å². The Morgan fingerprint density at radius 3 is 2.83 bits per heavy atom. The van der Waals surface area contributed by atoms with Crippen molar-refractivity contribution in [1.82, 2.24) is 29.7 Å². The molecule has 0 amide bonds. The van der Waals surface area contributed by atoms with Crippen molar-refractivity contribution in [2.45, 2.75) is 0 Å². The Kier molecular flexibility index (Phi) is 3.72. The monoisotopic (exact) mass is 335 g/mol. The summed E-state index contributed by atoms with van der Waals surface area (Å²) in [5.41, 5.74) is 3.49. The first-order valence-corrected chi connectivity index (χ1v) is 8.11. The molecule has 0 aliphatic carbocycles. The van der Waals surface area contributed by atoms with E-state index in [1.165, 1.54) is 0 Å². The SMILES string of the molecule is Cn1cc(Nc2nccc(-c3nc(-c4cccnc4)cs3)n2)cn1. The number of thiazole rings is 1. The normalized spacial score (nSPS) is 10.7. The molecule has 4 rings (SSSR count). The molecule has 0 saturated heterocycles. The summed E-state index contributed by atoms with van der Waals surface area (Å²) in [5, 5.41) is 10.1. The van der Waals surface area contributed by atoms with Crippen molar-refractivity contribution >= 4 is 23.0 Å². The number of aromatic nitrogens is 6. The Morgan fingerprint density at radius 1 is 1.08 bits per heavy atom. The lowest BCUT2D eigenvalue weighted by molar-refractivity contribution is 0.768. The molecule has 8 heteroatoms. The van der Waals surface area contributed by atoms with Crippen LogP contribution in [0.15, 0.2) is 54.6 Å². The van der Waals surface area contributed by atoms with E-state index in [-0.39, 0.29) is 0 Å². The molecule has 0 fully saturated rings. The first-order chi connectivity index (χ1) is 11.8. The number of rotatable bonds is 4. The van der Waals surface area contributed by atoms with E-state index in [1.807, 2.05) is 36.8 Å². The molecule has 7 nitrogen and oxygen atoms in total. The van der Waals surface area contributed by atoms with Crippen molar-refractivity contribution in [3.63, 3.8) is 0 Å². The first-order valence-electron chi connectivity index (χ1n) is 7.23. The van der Waals surface area contributed by atoms with E-state index in [0.717, 1.165) is 27.6 Å². The summed E-state index contributed by atoms with van der Waals surface area (Å²) in [7, 11) is 1.86. The minimum absolute atomic E-state index is 0.513. The van der Waals surface area contributed by atoms with Gasteiger partial charge in [-0.1, -0.05) is 0 Å². The standard InChI is InChI=1S/C16H13N7S/c1-23-9-12(8-19-23)20-16-18-6-4-13(22-16)15-21-14(10-24-15)11-3-2-5-17-7-11/h2-10H,1H3,(H,18,20,22). The van der Waals surface area contributed by atoms with E-state index < -0.39 is 0 Å². The zero-order chi connectivity index (χ0) is 16.4. The highest BCUT2D eigenvalue weighted by Gasteiger charge is 2.09. The Morgan fingerprint density at radius 2 is 2.04 bits per heavy atom. The zero-order valence-electron chi connectivity index (χ0n) is 12.8.